The summed E-state index contributed by atoms with van der Waals surface area (Å²) in [5.74, 6) is -4.75. The number of benzene rings is 1. The molecule has 0 aliphatic heterocycles. The van der Waals surface area contributed by atoms with E-state index in [1.807, 2.05) is 0 Å². The number of rotatable bonds is 3. The highest BCUT2D eigenvalue weighted by molar-refractivity contribution is 7.92. The number of aliphatic hydroxyl groups excluding tert-OH is 1. The molecule has 1 aromatic carbocycles. The number of sulfone groups is 1. The summed E-state index contributed by atoms with van der Waals surface area (Å²) in [6.45, 7) is 0. The molecule has 7 nitrogen and oxygen atoms in total. The van der Waals surface area contributed by atoms with Crippen LogP contribution in [0.4, 0.5) is 22.0 Å². The van der Waals surface area contributed by atoms with Crippen molar-refractivity contribution in [3.63, 3.8) is 0 Å². The Morgan fingerprint density at radius 1 is 1.31 bits per heavy atom. The number of hydrogen-bond donors (Lipinski definition) is 1. The van der Waals surface area contributed by atoms with E-state index in [2.05, 4.69) is 0 Å². The van der Waals surface area contributed by atoms with Gasteiger partial charge in [-0.2, -0.15) is 23.2 Å². The van der Waals surface area contributed by atoms with E-state index in [1.165, 1.54) is 0 Å². The van der Waals surface area contributed by atoms with Crippen molar-refractivity contribution in [3.8, 4) is 17.6 Å². The maximum atomic E-state index is 14.0. The SMILES string of the molecule is N#Cc1cc(Oc2ccc(S(=O)(=O)C(F)(F)F)c3c2CC(F)(F)C3O)c[n+]([O-])c1. The third-order valence-corrected chi connectivity index (χ3v) is 5.67. The number of alkyl halides is 5. The van der Waals surface area contributed by atoms with Gasteiger partial charge >= 0.3 is 5.51 Å². The zero-order chi connectivity index (χ0) is 21.8. The van der Waals surface area contributed by atoms with E-state index in [0.717, 1.165) is 18.5 Å². The molecule has 1 aliphatic rings. The van der Waals surface area contributed by atoms with Crippen LogP contribution in [0.25, 0.3) is 0 Å². The zero-order valence-electron chi connectivity index (χ0n) is 13.9. The molecular formula is C16H9F5N2O5S. The molecule has 2 aromatic rings. The summed E-state index contributed by atoms with van der Waals surface area (Å²) in [7, 11) is -6.04. The molecule has 1 aromatic heterocycles. The Morgan fingerprint density at radius 3 is 2.55 bits per heavy atom. The first-order valence-corrected chi connectivity index (χ1v) is 9.11. The van der Waals surface area contributed by atoms with Gasteiger partial charge in [-0.05, 0) is 12.1 Å². The van der Waals surface area contributed by atoms with Crippen LogP contribution >= 0.6 is 0 Å². The van der Waals surface area contributed by atoms with Crippen LogP contribution in [0.15, 0.2) is 35.5 Å². The summed E-state index contributed by atoms with van der Waals surface area (Å²) in [6.07, 6.45) is -2.41. The maximum Gasteiger partial charge on any atom is 0.501 e. The van der Waals surface area contributed by atoms with Crippen molar-refractivity contribution >= 4 is 9.84 Å². The van der Waals surface area contributed by atoms with Gasteiger partial charge < -0.3 is 15.1 Å². The fourth-order valence-electron chi connectivity index (χ4n) is 2.87. The highest BCUT2D eigenvalue weighted by Crippen LogP contribution is 2.51. The molecule has 0 radical (unpaired) electrons. The van der Waals surface area contributed by atoms with E-state index in [1.54, 1.807) is 6.07 Å². The summed E-state index contributed by atoms with van der Waals surface area (Å²) in [5.41, 5.74) is -7.73. The normalized spacial score (nSPS) is 18.2. The molecule has 0 saturated carbocycles. The Balaban J connectivity index is 2.19. The molecule has 0 amide bonds. The summed E-state index contributed by atoms with van der Waals surface area (Å²) in [6, 6.07) is 3.81. The van der Waals surface area contributed by atoms with Gasteiger partial charge in [-0.3, -0.25) is 0 Å². The quantitative estimate of drug-likeness (QED) is 0.449. The van der Waals surface area contributed by atoms with E-state index in [-0.39, 0.29) is 16.0 Å². The van der Waals surface area contributed by atoms with Gasteiger partial charge in [-0.15, -0.1) is 0 Å². The topological polar surface area (TPSA) is 114 Å². The summed E-state index contributed by atoms with van der Waals surface area (Å²) >= 11 is 0. The highest BCUT2D eigenvalue weighted by atomic mass is 32.2. The number of nitriles is 1. The molecule has 0 spiro atoms. The van der Waals surface area contributed by atoms with Gasteiger partial charge in [0.05, 0.1) is 4.90 Å². The van der Waals surface area contributed by atoms with Crippen LogP contribution < -0.4 is 9.47 Å². The molecule has 1 heterocycles. The van der Waals surface area contributed by atoms with Gasteiger partial charge in [-0.25, -0.2) is 17.2 Å². The number of fused-ring (bicyclic) bond motifs is 1. The maximum absolute atomic E-state index is 14.0. The predicted octanol–water partition coefficient (Wildman–Crippen LogP) is 2.50. The van der Waals surface area contributed by atoms with E-state index in [4.69, 9.17) is 10.00 Å². The van der Waals surface area contributed by atoms with Gasteiger partial charge in [0.2, 0.25) is 6.20 Å². The molecular weight excluding hydrogens is 427 g/mol. The van der Waals surface area contributed by atoms with Crippen LogP contribution in [0.2, 0.25) is 0 Å². The Labute approximate surface area is 159 Å². The first-order chi connectivity index (χ1) is 13.3. The minimum absolute atomic E-state index is 0.157. The van der Waals surface area contributed by atoms with Crippen molar-refractivity contribution in [2.75, 3.05) is 0 Å². The smallest absolute Gasteiger partial charge is 0.501 e. The van der Waals surface area contributed by atoms with Crippen LogP contribution in [0.1, 0.15) is 22.8 Å². The molecule has 1 unspecified atom stereocenters. The third kappa shape index (κ3) is 3.45. The summed E-state index contributed by atoms with van der Waals surface area (Å²) < 4.78 is 95.8. The van der Waals surface area contributed by atoms with Crippen molar-refractivity contribution in [2.24, 2.45) is 0 Å². The van der Waals surface area contributed by atoms with Crippen LogP contribution in [0, 0.1) is 16.5 Å². The standard InChI is InChI=1S/C16H9F5N2O5S/c17-15(18)4-10-11(28-9-3-8(5-22)6-23(25)7-9)1-2-12(13(10)14(15)24)29(26,27)16(19,20)21/h1-3,6-7,14,24H,4H2. The minimum atomic E-state index is -6.04. The lowest BCUT2D eigenvalue weighted by molar-refractivity contribution is -0.605. The van der Waals surface area contributed by atoms with E-state index >= 15 is 0 Å². The molecule has 1 N–H and O–H groups in total. The molecule has 0 fully saturated rings. The van der Waals surface area contributed by atoms with Crippen LogP contribution in [-0.2, 0) is 16.3 Å². The number of hydrogen-bond acceptors (Lipinski definition) is 6. The van der Waals surface area contributed by atoms with Gasteiger partial charge in [0, 0.05) is 23.6 Å². The van der Waals surface area contributed by atoms with Crippen LogP contribution in [0.5, 0.6) is 11.5 Å². The van der Waals surface area contributed by atoms with E-state index in [9.17, 15) is 40.7 Å². The van der Waals surface area contributed by atoms with Crippen molar-refractivity contribution in [1.82, 2.24) is 0 Å². The minimum Gasteiger partial charge on any atom is -0.619 e. The lowest BCUT2D eigenvalue weighted by Gasteiger charge is -2.17. The molecule has 1 atom stereocenters. The number of halogens is 5. The second-order valence-electron chi connectivity index (χ2n) is 6.08. The Kier molecular flexibility index (Phi) is 4.67. The van der Waals surface area contributed by atoms with Gasteiger partial charge in [0.25, 0.3) is 15.8 Å². The molecule has 1 aliphatic carbocycles. The average Bonchev–Trinajstić information content (AvgIpc) is 2.84. The number of aliphatic hydroxyl groups is 1. The third-order valence-electron chi connectivity index (χ3n) is 4.13. The fraction of sp³-hybridized carbons (Fsp3) is 0.250. The number of pyridine rings is 1. The van der Waals surface area contributed by atoms with E-state index < -0.39 is 55.6 Å². The monoisotopic (exact) mass is 436 g/mol. The predicted molar refractivity (Wildman–Crippen MR) is 83.5 cm³/mol. The second-order valence-corrected chi connectivity index (χ2v) is 7.99. The van der Waals surface area contributed by atoms with E-state index in [0.29, 0.717) is 12.1 Å². The largest absolute Gasteiger partial charge is 0.619 e. The lowest BCUT2D eigenvalue weighted by Crippen LogP contribution is -2.26. The number of ether oxygens (including phenoxy) is 1. The molecule has 29 heavy (non-hydrogen) atoms. The van der Waals surface area contributed by atoms with Crippen molar-refractivity contribution in [3.05, 3.63) is 52.5 Å². The first-order valence-electron chi connectivity index (χ1n) is 7.63. The van der Waals surface area contributed by atoms with Crippen LogP contribution in [0.3, 0.4) is 0 Å². The van der Waals surface area contributed by atoms with Crippen molar-refractivity contribution < 1.29 is 44.9 Å². The Bertz CT molecular complexity index is 1140. The van der Waals surface area contributed by atoms with Gasteiger partial charge in [0.1, 0.15) is 23.5 Å². The Hall–Kier alpha value is -2.98. The lowest BCUT2D eigenvalue weighted by atomic mass is 10.1. The first kappa shape index (κ1) is 20.7. The summed E-state index contributed by atoms with van der Waals surface area (Å²) in [5, 5.41) is 30.1. The number of aromatic nitrogens is 1. The molecule has 0 saturated heterocycles. The number of nitrogens with zero attached hydrogens (tertiary/aromatic N) is 2. The molecule has 3 rings (SSSR count). The summed E-state index contributed by atoms with van der Waals surface area (Å²) in [4.78, 5) is -1.51. The Morgan fingerprint density at radius 2 is 1.97 bits per heavy atom. The van der Waals surface area contributed by atoms with Crippen molar-refractivity contribution in [1.29, 1.82) is 5.26 Å². The van der Waals surface area contributed by atoms with Gasteiger partial charge in [0.15, 0.2) is 11.9 Å². The van der Waals surface area contributed by atoms with Crippen molar-refractivity contribution in [2.45, 2.75) is 28.9 Å². The average molecular weight is 436 g/mol. The fourth-order valence-corrected chi connectivity index (χ4v) is 3.90. The highest BCUT2D eigenvalue weighted by Gasteiger charge is 2.55. The molecule has 13 heteroatoms. The molecule has 154 valence electrons. The van der Waals surface area contributed by atoms with Crippen LogP contribution in [-0.4, -0.2) is 25.0 Å². The molecule has 0 bridgehead atoms. The second kappa shape index (κ2) is 6.53. The van der Waals surface area contributed by atoms with Gasteiger partial charge in [-0.1, -0.05) is 0 Å². The zero-order valence-corrected chi connectivity index (χ0v) is 14.8.